The van der Waals surface area contributed by atoms with Crippen LogP contribution in [-0.4, -0.2) is 45.1 Å². The van der Waals surface area contributed by atoms with Crippen LogP contribution in [0.15, 0.2) is 48.8 Å². The number of carbonyl (C=O) groups excluding carboxylic acids is 2. The minimum Gasteiger partial charge on any atom is -0.495 e. The van der Waals surface area contributed by atoms with Crippen molar-refractivity contribution in [2.45, 2.75) is 25.3 Å². The van der Waals surface area contributed by atoms with Gasteiger partial charge in [-0.2, -0.15) is 0 Å². The molecule has 0 bridgehead atoms. The number of nitrogens with one attached hydrogen (secondary N) is 2. The van der Waals surface area contributed by atoms with Crippen LogP contribution in [0.25, 0.3) is 0 Å². The smallest absolute Gasteiger partial charge is 0.323 e. The number of nitrogens with zero attached hydrogens (tertiary/aromatic N) is 4. The van der Waals surface area contributed by atoms with Gasteiger partial charge in [-0.25, -0.2) is 4.79 Å². The molecule has 10 heteroatoms. The Morgan fingerprint density at radius 2 is 2.03 bits per heavy atom. The van der Waals surface area contributed by atoms with Gasteiger partial charge in [0.25, 0.3) is 5.91 Å². The number of piperidine rings is 1. The monoisotopic (exact) mass is 438 g/mol. The van der Waals surface area contributed by atoms with Crippen molar-refractivity contribution in [1.82, 2.24) is 19.5 Å². The number of aromatic nitrogens is 3. The minimum atomic E-state index is -0.476. The molecule has 2 N–H and O–H groups in total. The number of rotatable bonds is 5. The second-order valence-corrected chi connectivity index (χ2v) is 7.78. The number of benzene rings is 1. The van der Waals surface area contributed by atoms with Crippen LogP contribution in [0, 0.1) is 0 Å². The largest absolute Gasteiger partial charge is 0.495 e. The fraction of sp³-hybridized carbons (Fsp3) is 0.286. The Bertz CT molecular complexity index is 1060. The van der Waals surface area contributed by atoms with Gasteiger partial charge in [-0.3, -0.25) is 15.1 Å². The van der Waals surface area contributed by atoms with Crippen LogP contribution >= 0.6 is 11.5 Å². The van der Waals surface area contributed by atoms with E-state index in [2.05, 4.69) is 25.2 Å². The number of hydrogen-bond donors (Lipinski definition) is 2. The molecule has 3 amide bonds. The summed E-state index contributed by atoms with van der Waals surface area (Å²) in [5.74, 6) is 0.0493. The molecule has 0 aliphatic carbocycles. The summed E-state index contributed by atoms with van der Waals surface area (Å²) in [4.78, 5) is 31.8. The summed E-state index contributed by atoms with van der Waals surface area (Å²) in [5.41, 5.74) is 1.56. The van der Waals surface area contributed by atoms with E-state index >= 15 is 0 Å². The second kappa shape index (κ2) is 9.52. The average Bonchev–Trinajstić information content (AvgIpc) is 3.28. The van der Waals surface area contributed by atoms with Crippen LogP contribution in [0.4, 0.5) is 15.5 Å². The molecule has 4 rings (SSSR count). The number of methoxy groups -OCH3 is 1. The van der Waals surface area contributed by atoms with Crippen LogP contribution in [-0.2, 0) is 0 Å². The molecule has 1 saturated heterocycles. The minimum absolute atomic E-state index is 0.0548. The molecule has 0 spiro atoms. The van der Waals surface area contributed by atoms with Crippen molar-refractivity contribution in [2.24, 2.45) is 0 Å². The highest BCUT2D eigenvalue weighted by atomic mass is 32.1. The number of hydrogen-bond acceptors (Lipinski definition) is 7. The van der Waals surface area contributed by atoms with E-state index in [1.807, 2.05) is 18.2 Å². The van der Waals surface area contributed by atoms with Crippen LogP contribution < -0.4 is 15.4 Å². The molecule has 1 aliphatic rings. The lowest BCUT2D eigenvalue weighted by molar-refractivity contribution is 0.102. The van der Waals surface area contributed by atoms with E-state index in [4.69, 9.17) is 4.74 Å². The van der Waals surface area contributed by atoms with Crippen molar-refractivity contribution in [1.29, 1.82) is 0 Å². The number of ether oxygens (including phenoxy) is 1. The van der Waals surface area contributed by atoms with Gasteiger partial charge < -0.3 is 15.0 Å². The van der Waals surface area contributed by atoms with E-state index in [1.54, 1.807) is 35.5 Å². The zero-order valence-corrected chi connectivity index (χ0v) is 17.8. The second-order valence-electron chi connectivity index (χ2n) is 7.03. The summed E-state index contributed by atoms with van der Waals surface area (Å²) in [6.45, 7) is 0.625. The molecule has 160 valence electrons. The van der Waals surface area contributed by atoms with Gasteiger partial charge in [-0.15, -0.1) is 5.10 Å². The first kappa shape index (κ1) is 20.7. The lowest BCUT2D eigenvalue weighted by Crippen LogP contribution is -2.41. The van der Waals surface area contributed by atoms with E-state index in [-0.39, 0.29) is 17.8 Å². The van der Waals surface area contributed by atoms with Crippen molar-refractivity contribution in [3.05, 3.63) is 60.0 Å². The van der Waals surface area contributed by atoms with Crippen molar-refractivity contribution >= 4 is 34.2 Å². The molecule has 1 aromatic carbocycles. The van der Waals surface area contributed by atoms with E-state index in [1.165, 1.54) is 7.11 Å². The van der Waals surface area contributed by atoms with E-state index in [9.17, 15) is 9.59 Å². The Hall–Kier alpha value is -3.53. The predicted molar refractivity (Wildman–Crippen MR) is 117 cm³/mol. The lowest BCUT2D eigenvalue weighted by Gasteiger charge is -2.35. The fourth-order valence-corrected chi connectivity index (χ4v) is 4.17. The normalized spacial score (nSPS) is 15.9. The Kier molecular flexibility index (Phi) is 6.37. The van der Waals surface area contributed by atoms with E-state index in [0.29, 0.717) is 23.0 Å². The quantitative estimate of drug-likeness (QED) is 0.624. The molecule has 3 aromatic rings. The third-order valence-corrected chi connectivity index (χ3v) is 5.75. The Labute approximate surface area is 183 Å². The molecule has 31 heavy (non-hydrogen) atoms. The molecule has 3 heterocycles. The molecular formula is C21H22N6O3S. The summed E-state index contributed by atoms with van der Waals surface area (Å²) in [6.07, 6.45) is 6.33. The topological polar surface area (TPSA) is 109 Å². The van der Waals surface area contributed by atoms with Crippen LogP contribution in [0.3, 0.4) is 0 Å². The Morgan fingerprint density at radius 3 is 2.84 bits per heavy atom. The van der Waals surface area contributed by atoms with E-state index < -0.39 is 5.91 Å². The van der Waals surface area contributed by atoms with Crippen LogP contribution in [0.2, 0.25) is 0 Å². The van der Waals surface area contributed by atoms with Gasteiger partial charge in [-0.05, 0) is 43.0 Å². The molecule has 0 saturated carbocycles. The average molecular weight is 439 g/mol. The molecule has 1 aliphatic heterocycles. The lowest BCUT2D eigenvalue weighted by atomic mass is 9.97. The van der Waals surface area contributed by atoms with Crippen molar-refractivity contribution in [2.75, 3.05) is 24.3 Å². The molecule has 2 aromatic heterocycles. The number of anilines is 2. The van der Waals surface area contributed by atoms with Gasteiger partial charge in [0.1, 0.15) is 5.75 Å². The zero-order valence-electron chi connectivity index (χ0n) is 16.9. The summed E-state index contributed by atoms with van der Waals surface area (Å²) in [6, 6.07) is 10.6. The van der Waals surface area contributed by atoms with Gasteiger partial charge in [0.15, 0.2) is 10.7 Å². The van der Waals surface area contributed by atoms with Gasteiger partial charge >= 0.3 is 6.03 Å². The maximum Gasteiger partial charge on any atom is 0.323 e. The van der Waals surface area contributed by atoms with Gasteiger partial charge in [-0.1, -0.05) is 22.7 Å². The number of pyridine rings is 1. The number of likely N-dealkylation sites (tertiary alicyclic amines) is 1. The summed E-state index contributed by atoms with van der Waals surface area (Å²) < 4.78 is 9.12. The van der Waals surface area contributed by atoms with Gasteiger partial charge in [0.05, 0.1) is 18.8 Å². The summed E-state index contributed by atoms with van der Waals surface area (Å²) in [5, 5.41) is 9.80. The Balaban J connectivity index is 1.49. The van der Waals surface area contributed by atoms with Gasteiger partial charge in [0.2, 0.25) is 0 Å². The van der Waals surface area contributed by atoms with Crippen molar-refractivity contribution in [3.8, 4) is 5.75 Å². The predicted octanol–water partition coefficient (Wildman–Crippen LogP) is 3.95. The van der Waals surface area contributed by atoms with Crippen LogP contribution in [0.5, 0.6) is 5.75 Å². The number of urea groups is 1. The highest BCUT2D eigenvalue weighted by molar-refractivity contribution is 7.10. The zero-order chi connectivity index (χ0) is 21.6. The molecule has 0 unspecified atom stereocenters. The van der Waals surface area contributed by atoms with Crippen molar-refractivity contribution < 1.29 is 14.3 Å². The molecule has 1 fully saturated rings. The summed E-state index contributed by atoms with van der Waals surface area (Å²) >= 11 is 0.964. The highest BCUT2D eigenvalue weighted by Gasteiger charge is 2.30. The van der Waals surface area contributed by atoms with E-state index in [0.717, 1.165) is 36.4 Å². The molecule has 9 nitrogen and oxygen atoms in total. The third kappa shape index (κ3) is 4.64. The molecule has 0 radical (unpaired) electrons. The highest BCUT2D eigenvalue weighted by Crippen LogP contribution is 2.32. The number of amides is 3. The van der Waals surface area contributed by atoms with Gasteiger partial charge in [0, 0.05) is 30.5 Å². The molecule has 1 atom stereocenters. The fourth-order valence-electron chi connectivity index (χ4n) is 3.61. The Morgan fingerprint density at radius 1 is 1.16 bits per heavy atom. The molecular weight excluding hydrogens is 416 g/mol. The van der Waals surface area contributed by atoms with Crippen LogP contribution in [0.1, 0.15) is 41.4 Å². The first-order valence-corrected chi connectivity index (χ1v) is 10.7. The first-order valence-electron chi connectivity index (χ1n) is 9.91. The first-order chi connectivity index (χ1) is 15.2. The SMILES string of the molecule is COc1ccccc1NC(=O)c1nnsc1NC(=O)N1CCCC[C@H]1c1cccnc1. The third-order valence-electron chi connectivity index (χ3n) is 5.11. The maximum absolute atomic E-state index is 13.1. The standard InChI is InChI=1S/C21H22N6O3S/c1-30-17-10-3-2-8-15(17)23-19(28)18-20(31-26-25-18)24-21(29)27-12-5-4-9-16(27)14-7-6-11-22-13-14/h2-3,6-8,10-11,13,16H,4-5,9,12H2,1H3,(H,23,28)(H,24,29)/t16-/m0/s1. The summed E-state index contributed by atoms with van der Waals surface area (Å²) in [7, 11) is 1.53. The van der Waals surface area contributed by atoms with Crippen molar-refractivity contribution in [3.63, 3.8) is 0 Å². The number of para-hydroxylation sites is 2. The maximum atomic E-state index is 13.1. The number of carbonyl (C=O) groups is 2.